The predicted octanol–water partition coefficient (Wildman–Crippen LogP) is 3.55. The molecule has 0 aliphatic carbocycles. The zero-order chi connectivity index (χ0) is 13.4. The number of aromatic nitrogens is 2. The average molecular weight is 253 g/mol. The topological polar surface area (TPSA) is 51.0 Å². The van der Waals surface area contributed by atoms with Gasteiger partial charge in [-0.3, -0.25) is 0 Å². The van der Waals surface area contributed by atoms with E-state index in [0.717, 1.165) is 33.6 Å². The van der Waals surface area contributed by atoms with Crippen LogP contribution in [0.3, 0.4) is 0 Å². The van der Waals surface area contributed by atoms with Crippen LogP contribution in [0.1, 0.15) is 11.1 Å². The maximum atomic E-state index is 5.95. The molecule has 1 aromatic carbocycles. The van der Waals surface area contributed by atoms with Crippen molar-refractivity contribution >= 4 is 16.9 Å². The largest absolute Gasteiger partial charge is 0.454 e. The first-order valence-corrected chi connectivity index (χ1v) is 6.20. The summed E-state index contributed by atoms with van der Waals surface area (Å²) in [6, 6.07) is 8.15. The summed E-state index contributed by atoms with van der Waals surface area (Å²) in [5.74, 6) is 1.37. The van der Waals surface area contributed by atoms with Crippen molar-refractivity contribution in [1.29, 1.82) is 0 Å². The Labute approximate surface area is 111 Å². The van der Waals surface area contributed by atoms with E-state index in [-0.39, 0.29) is 0 Å². The number of anilines is 1. The van der Waals surface area contributed by atoms with E-state index in [1.54, 1.807) is 13.2 Å². The van der Waals surface area contributed by atoms with Crippen LogP contribution >= 0.6 is 0 Å². The zero-order valence-corrected chi connectivity index (χ0v) is 11.2. The molecular formula is C15H15N3O. The Kier molecular flexibility index (Phi) is 2.71. The van der Waals surface area contributed by atoms with Crippen molar-refractivity contribution in [3.05, 3.63) is 41.6 Å². The van der Waals surface area contributed by atoms with Gasteiger partial charge >= 0.3 is 0 Å². The minimum absolute atomic E-state index is 0.595. The minimum Gasteiger partial charge on any atom is -0.454 e. The molecule has 0 amide bonds. The van der Waals surface area contributed by atoms with E-state index in [4.69, 9.17) is 4.42 Å². The van der Waals surface area contributed by atoms with E-state index in [9.17, 15) is 0 Å². The second-order valence-electron chi connectivity index (χ2n) is 4.58. The summed E-state index contributed by atoms with van der Waals surface area (Å²) in [5.41, 5.74) is 3.87. The molecule has 0 atom stereocenters. The fourth-order valence-electron chi connectivity index (χ4n) is 2.14. The van der Waals surface area contributed by atoms with Crippen LogP contribution in [0.2, 0.25) is 0 Å². The molecule has 2 heterocycles. The van der Waals surface area contributed by atoms with Crippen LogP contribution in [0.5, 0.6) is 0 Å². The molecule has 0 fully saturated rings. The monoisotopic (exact) mass is 253 g/mol. The van der Waals surface area contributed by atoms with Crippen molar-refractivity contribution < 1.29 is 4.42 Å². The molecule has 0 saturated carbocycles. The van der Waals surface area contributed by atoms with Crippen molar-refractivity contribution in [2.24, 2.45) is 0 Å². The van der Waals surface area contributed by atoms with Gasteiger partial charge in [0, 0.05) is 18.6 Å². The molecular weight excluding hydrogens is 238 g/mol. The highest BCUT2D eigenvalue weighted by molar-refractivity contribution is 5.85. The molecule has 0 spiro atoms. The summed E-state index contributed by atoms with van der Waals surface area (Å²) in [4.78, 5) is 8.66. The fraction of sp³-hybridized carbons (Fsp3) is 0.200. The Hall–Kier alpha value is -2.36. The number of hydrogen-bond acceptors (Lipinski definition) is 4. The van der Waals surface area contributed by atoms with Crippen LogP contribution in [0.15, 0.2) is 34.9 Å². The summed E-state index contributed by atoms with van der Waals surface area (Å²) >= 11 is 0. The Morgan fingerprint density at radius 2 is 2.00 bits per heavy atom. The molecule has 3 rings (SSSR count). The molecule has 0 radical (unpaired) electrons. The highest BCUT2D eigenvalue weighted by Gasteiger charge is 2.12. The van der Waals surface area contributed by atoms with Gasteiger partial charge in [-0.2, -0.15) is 0 Å². The quantitative estimate of drug-likeness (QED) is 0.758. The molecule has 0 bridgehead atoms. The Morgan fingerprint density at radius 1 is 1.16 bits per heavy atom. The van der Waals surface area contributed by atoms with Gasteiger partial charge in [-0.1, -0.05) is 18.2 Å². The summed E-state index contributed by atoms with van der Waals surface area (Å²) in [6.07, 6.45) is 1.80. The van der Waals surface area contributed by atoms with Crippen molar-refractivity contribution in [3.8, 4) is 11.5 Å². The molecule has 0 aliphatic heterocycles. The smallest absolute Gasteiger partial charge is 0.223 e. The molecule has 96 valence electrons. The standard InChI is InChI=1S/C15H15N3O/c1-9-5-4-6-11-7-12(19-14(9)11)13-10(2)8-17-15(16-3)18-13/h4-8H,1-3H3,(H,16,17,18). The normalized spacial score (nSPS) is 10.9. The number of rotatable bonds is 2. The van der Waals surface area contributed by atoms with E-state index >= 15 is 0 Å². The Bertz CT molecular complexity index is 746. The number of nitrogens with one attached hydrogen (secondary N) is 1. The molecule has 1 N–H and O–H groups in total. The number of fused-ring (bicyclic) bond motifs is 1. The average Bonchev–Trinajstić information content (AvgIpc) is 2.84. The highest BCUT2D eigenvalue weighted by Crippen LogP contribution is 2.30. The molecule has 19 heavy (non-hydrogen) atoms. The Balaban J connectivity index is 2.21. The highest BCUT2D eigenvalue weighted by atomic mass is 16.3. The zero-order valence-electron chi connectivity index (χ0n) is 11.2. The van der Waals surface area contributed by atoms with Gasteiger partial charge in [-0.25, -0.2) is 9.97 Å². The molecule has 4 nitrogen and oxygen atoms in total. The number of aryl methyl sites for hydroxylation is 2. The van der Waals surface area contributed by atoms with Crippen molar-refractivity contribution in [3.63, 3.8) is 0 Å². The molecule has 0 saturated heterocycles. The lowest BCUT2D eigenvalue weighted by Gasteiger charge is -2.03. The summed E-state index contributed by atoms with van der Waals surface area (Å²) in [5, 5.41) is 4.04. The van der Waals surface area contributed by atoms with Crippen molar-refractivity contribution in [2.75, 3.05) is 12.4 Å². The lowest BCUT2D eigenvalue weighted by molar-refractivity contribution is 0.625. The molecule has 3 aromatic rings. The number of hydrogen-bond donors (Lipinski definition) is 1. The van der Waals surface area contributed by atoms with Gasteiger partial charge in [0.05, 0.1) is 0 Å². The summed E-state index contributed by atoms with van der Waals surface area (Å²) in [6.45, 7) is 4.02. The minimum atomic E-state index is 0.595. The van der Waals surface area contributed by atoms with Crippen LogP contribution in [-0.4, -0.2) is 17.0 Å². The number of para-hydroxylation sites is 1. The van der Waals surface area contributed by atoms with Crippen molar-refractivity contribution in [2.45, 2.75) is 13.8 Å². The predicted molar refractivity (Wildman–Crippen MR) is 76.3 cm³/mol. The summed E-state index contributed by atoms with van der Waals surface area (Å²) in [7, 11) is 1.80. The van der Waals surface area contributed by atoms with Gasteiger partial charge in [0.2, 0.25) is 5.95 Å². The lowest BCUT2D eigenvalue weighted by atomic mass is 10.1. The van der Waals surface area contributed by atoms with Crippen LogP contribution < -0.4 is 5.32 Å². The molecule has 0 unspecified atom stereocenters. The SMILES string of the molecule is CNc1ncc(C)c(-c2cc3cccc(C)c3o2)n1. The van der Waals surface area contributed by atoms with Crippen LogP contribution in [0.25, 0.3) is 22.4 Å². The fourth-order valence-corrected chi connectivity index (χ4v) is 2.14. The van der Waals surface area contributed by atoms with E-state index in [1.165, 1.54) is 0 Å². The van der Waals surface area contributed by atoms with E-state index in [2.05, 4.69) is 15.3 Å². The Morgan fingerprint density at radius 3 is 2.74 bits per heavy atom. The first kappa shape index (κ1) is 11.7. The molecule has 2 aromatic heterocycles. The third-order valence-electron chi connectivity index (χ3n) is 3.17. The van der Waals surface area contributed by atoms with Crippen LogP contribution in [0, 0.1) is 13.8 Å². The second kappa shape index (κ2) is 4.39. The van der Waals surface area contributed by atoms with Gasteiger partial charge in [-0.15, -0.1) is 0 Å². The third kappa shape index (κ3) is 1.95. The number of benzene rings is 1. The van der Waals surface area contributed by atoms with Gasteiger partial charge in [0.25, 0.3) is 0 Å². The van der Waals surface area contributed by atoms with E-state index in [0.29, 0.717) is 5.95 Å². The number of nitrogens with zero attached hydrogens (tertiary/aromatic N) is 2. The van der Waals surface area contributed by atoms with Crippen LogP contribution in [-0.2, 0) is 0 Å². The van der Waals surface area contributed by atoms with Gasteiger partial charge in [-0.05, 0) is 31.0 Å². The van der Waals surface area contributed by atoms with Gasteiger partial charge in [0.1, 0.15) is 11.3 Å². The lowest BCUT2D eigenvalue weighted by Crippen LogP contribution is -1.98. The molecule has 0 aliphatic rings. The van der Waals surface area contributed by atoms with Gasteiger partial charge in [0.15, 0.2) is 5.76 Å². The number of furan rings is 1. The maximum Gasteiger partial charge on any atom is 0.223 e. The van der Waals surface area contributed by atoms with E-state index in [1.807, 2.05) is 38.1 Å². The first-order valence-electron chi connectivity index (χ1n) is 6.20. The van der Waals surface area contributed by atoms with Crippen LogP contribution in [0.4, 0.5) is 5.95 Å². The summed E-state index contributed by atoms with van der Waals surface area (Å²) < 4.78 is 5.95. The maximum absolute atomic E-state index is 5.95. The van der Waals surface area contributed by atoms with Crippen molar-refractivity contribution in [1.82, 2.24) is 9.97 Å². The first-order chi connectivity index (χ1) is 9.19. The molecule has 4 heteroatoms. The third-order valence-corrected chi connectivity index (χ3v) is 3.17. The van der Waals surface area contributed by atoms with E-state index < -0.39 is 0 Å². The van der Waals surface area contributed by atoms with Gasteiger partial charge < -0.3 is 9.73 Å². The second-order valence-corrected chi connectivity index (χ2v) is 4.58.